The summed E-state index contributed by atoms with van der Waals surface area (Å²) in [5, 5.41) is 5.56. The fourth-order valence-electron chi connectivity index (χ4n) is 2.90. The first-order valence-electron chi connectivity index (χ1n) is 8.87. The van der Waals surface area contributed by atoms with Crippen molar-refractivity contribution in [1.29, 1.82) is 0 Å². The summed E-state index contributed by atoms with van der Waals surface area (Å²) in [6.07, 6.45) is 2.58. The van der Waals surface area contributed by atoms with Crippen LogP contribution in [0.1, 0.15) is 26.2 Å². The highest BCUT2D eigenvalue weighted by Crippen LogP contribution is 2.23. The Balaban J connectivity index is 1.56. The van der Waals surface area contributed by atoms with E-state index in [0.29, 0.717) is 24.4 Å². The molecule has 0 unspecified atom stereocenters. The molecule has 0 saturated carbocycles. The summed E-state index contributed by atoms with van der Waals surface area (Å²) < 4.78 is 5.37. The van der Waals surface area contributed by atoms with Crippen LogP contribution in [0.25, 0.3) is 0 Å². The first kappa shape index (κ1) is 17.8. The fraction of sp³-hybridized carbons (Fsp3) is 0.300. The van der Waals surface area contributed by atoms with E-state index in [0.717, 1.165) is 30.8 Å². The number of carbonyl (C=O) groups excluding carboxylic acids is 2. The monoisotopic (exact) mass is 353 g/mol. The van der Waals surface area contributed by atoms with E-state index in [-0.39, 0.29) is 11.9 Å². The number of rotatable bonds is 5. The van der Waals surface area contributed by atoms with Crippen LogP contribution in [-0.2, 0) is 4.79 Å². The summed E-state index contributed by atoms with van der Waals surface area (Å²) in [5.41, 5.74) is 2.22. The number of hydrogen-bond donors (Lipinski definition) is 2. The van der Waals surface area contributed by atoms with Crippen LogP contribution in [0.3, 0.4) is 0 Å². The number of nitrogens with zero attached hydrogens (tertiary/aromatic N) is 1. The second-order valence-corrected chi connectivity index (χ2v) is 6.09. The zero-order valence-electron chi connectivity index (χ0n) is 14.8. The van der Waals surface area contributed by atoms with Gasteiger partial charge in [0.1, 0.15) is 5.75 Å². The van der Waals surface area contributed by atoms with Gasteiger partial charge in [0, 0.05) is 30.0 Å². The highest BCUT2D eigenvalue weighted by Gasteiger charge is 2.19. The molecule has 2 aromatic carbocycles. The molecule has 0 aromatic heterocycles. The van der Waals surface area contributed by atoms with Crippen molar-refractivity contribution in [3.63, 3.8) is 0 Å². The fourth-order valence-corrected chi connectivity index (χ4v) is 2.90. The number of ether oxygens (including phenoxy) is 1. The first-order valence-corrected chi connectivity index (χ1v) is 8.87. The van der Waals surface area contributed by atoms with Crippen molar-refractivity contribution < 1.29 is 14.3 Å². The van der Waals surface area contributed by atoms with Crippen molar-refractivity contribution in [2.45, 2.75) is 26.2 Å². The molecular weight excluding hydrogens is 330 g/mol. The van der Waals surface area contributed by atoms with Gasteiger partial charge in [-0.25, -0.2) is 4.79 Å². The van der Waals surface area contributed by atoms with Crippen LogP contribution >= 0.6 is 0 Å². The molecule has 6 heteroatoms. The lowest BCUT2D eigenvalue weighted by atomic mass is 10.1. The smallest absolute Gasteiger partial charge is 0.323 e. The average Bonchev–Trinajstić information content (AvgIpc) is 2.65. The molecule has 1 aliphatic rings. The van der Waals surface area contributed by atoms with Gasteiger partial charge in [-0.1, -0.05) is 0 Å². The zero-order chi connectivity index (χ0) is 18.4. The zero-order valence-corrected chi connectivity index (χ0v) is 14.8. The third-order valence-electron chi connectivity index (χ3n) is 4.18. The standard InChI is InChI=1S/C20H23N3O3/c1-2-26-18-12-8-16(9-13-18)22-20(25)21-15-6-10-17(11-7-15)23-14-4-3-5-19(23)24/h6-13H,2-5,14H2,1H3,(H2,21,22,25). The van der Waals surface area contributed by atoms with Gasteiger partial charge in [0.05, 0.1) is 6.61 Å². The first-order chi connectivity index (χ1) is 12.7. The van der Waals surface area contributed by atoms with Gasteiger partial charge in [-0.2, -0.15) is 0 Å². The molecule has 2 N–H and O–H groups in total. The van der Waals surface area contributed by atoms with Gasteiger partial charge >= 0.3 is 6.03 Å². The third kappa shape index (κ3) is 4.53. The Morgan fingerprint density at radius 3 is 2.19 bits per heavy atom. The minimum atomic E-state index is -0.323. The molecule has 136 valence electrons. The van der Waals surface area contributed by atoms with Crippen LogP contribution < -0.4 is 20.3 Å². The molecule has 3 amide bonds. The number of piperidine rings is 1. The third-order valence-corrected chi connectivity index (χ3v) is 4.18. The lowest BCUT2D eigenvalue weighted by Gasteiger charge is -2.26. The minimum absolute atomic E-state index is 0.158. The number of nitrogens with one attached hydrogen (secondary N) is 2. The van der Waals surface area contributed by atoms with Crippen molar-refractivity contribution in [2.24, 2.45) is 0 Å². The molecule has 1 fully saturated rings. The molecule has 3 rings (SSSR count). The Labute approximate surface area is 153 Å². The Bertz CT molecular complexity index is 757. The van der Waals surface area contributed by atoms with Gasteiger partial charge in [-0.05, 0) is 68.3 Å². The van der Waals surface area contributed by atoms with E-state index < -0.39 is 0 Å². The van der Waals surface area contributed by atoms with Crippen LogP contribution in [0.4, 0.5) is 21.9 Å². The van der Waals surface area contributed by atoms with Crippen LogP contribution in [0, 0.1) is 0 Å². The Morgan fingerprint density at radius 2 is 1.62 bits per heavy atom. The van der Waals surface area contributed by atoms with Crippen LogP contribution in [-0.4, -0.2) is 25.1 Å². The maximum absolute atomic E-state index is 12.1. The van der Waals surface area contributed by atoms with Crippen molar-refractivity contribution in [2.75, 3.05) is 28.7 Å². The maximum Gasteiger partial charge on any atom is 0.323 e. The highest BCUT2D eigenvalue weighted by molar-refractivity contribution is 6.00. The Kier molecular flexibility index (Phi) is 5.73. The van der Waals surface area contributed by atoms with Gasteiger partial charge in [-0.3, -0.25) is 4.79 Å². The molecule has 1 heterocycles. The van der Waals surface area contributed by atoms with Crippen molar-refractivity contribution in [3.05, 3.63) is 48.5 Å². The van der Waals surface area contributed by atoms with Crippen molar-refractivity contribution >= 4 is 29.0 Å². The van der Waals surface area contributed by atoms with E-state index in [1.54, 1.807) is 29.2 Å². The predicted octanol–water partition coefficient (Wildman–Crippen LogP) is 4.25. The summed E-state index contributed by atoms with van der Waals surface area (Å²) in [6, 6.07) is 14.2. The second-order valence-electron chi connectivity index (χ2n) is 6.09. The molecule has 6 nitrogen and oxygen atoms in total. The number of benzene rings is 2. The molecule has 2 aromatic rings. The Hall–Kier alpha value is -3.02. The summed E-state index contributed by atoms with van der Waals surface area (Å²) in [4.78, 5) is 25.9. The minimum Gasteiger partial charge on any atom is -0.494 e. The lowest BCUT2D eigenvalue weighted by Crippen LogP contribution is -2.35. The molecule has 1 aliphatic heterocycles. The molecule has 0 bridgehead atoms. The topological polar surface area (TPSA) is 70.7 Å². The summed E-state index contributed by atoms with van der Waals surface area (Å²) >= 11 is 0. The van der Waals surface area contributed by atoms with Gasteiger partial charge in [0.25, 0.3) is 0 Å². The van der Waals surface area contributed by atoms with E-state index in [4.69, 9.17) is 4.74 Å². The molecule has 26 heavy (non-hydrogen) atoms. The summed E-state index contributed by atoms with van der Waals surface area (Å²) in [5.74, 6) is 0.923. The van der Waals surface area contributed by atoms with E-state index in [9.17, 15) is 9.59 Å². The average molecular weight is 353 g/mol. The van der Waals surface area contributed by atoms with Crippen LogP contribution in [0.15, 0.2) is 48.5 Å². The number of urea groups is 1. The summed E-state index contributed by atoms with van der Waals surface area (Å²) in [7, 11) is 0. The van der Waals surface area contributed by atoms with E-state index in [2.05, 4.69) is 10.6 Å². The normalized spacial score (nSPS) is 14.0. The van der Waals surface area contributed by atoms with E-state index in [1.165, 1.54) is 0 Å². The van der Waals surface area contributed by atoms with Gasteiger partial charge < -0.3 is 20.3 Å². The molecular formula is C20H23N3O3. The van der Waals surface area contributed by atoms with Crippen LogP contribution in [0.5, 0.6) is 5.75 Å². The predicted molar refractivity (Wildman–Crippen MR) is 103 cm³/mol. The number of anilines is 3. The SMILES string of the molecule is CCOc1ccc(NC(=O)Nc2ccc(N3CCCCC3=O)cc2)cc1. The van der Waals surface area contributed by atoms with E-state index in [1.807, 2.05) is 31.2 Å². The highest BCUT2D eigenvalue weighted by atomic mass is 16.5. The molecule has 1 saturated heterocycles. The van der Waals surface area contributed by atoms with Gasteiger partial charge in [0.2, 0.25) is 5.91 Å². The molecule has 0 radical (unpaired) electrons. The van der Waals surface area contributed by atoms with Gasteiger partial charge in [0.15, 0.2) is 0 Å². The van der Waals surface area contributed by atoms with E-state index >= 15 is 0 Å². The largest absolute Gasteiger partial charge is 0.494 e. The van der Waals surface area contributed by atoms with Crippen molar-refractivity contribution in [1.82, 2.24) is 0 Å². The van der Waals surface area contributed by atoms with Crippen LogP contribution in [0.2, 0.25) is 0 Å². The maximum atomic E-state index is 12.1. The molecule has 0 aliphatic carbocycles. The Morgan fingerprint density at radius 1 is 1.00 bits per heavy atom. The number of carbonyl (C=O) groups is 2. The summed E-state index contributed by atoms with van der Waals surface area (Å²) in [6.45, 7) is 3.28. The number of amides is 3. The second kappa shape index (κ2) is 8.38. The molecule has 0 atom stereocenters. The van der Waals surface area contributed by atoms with Gasteiger partial charge in [-0.15, -0.1) is 0 Å². The van der Waals surface area contributed by atoms with Crippen molar-refractivity contribution in [3.8, 4) is 5.75 Å². The lowest BCUT2D eigenvalue weighted by molar-refractivity contribution is -0.119. The molecule has 0 spiro atoms. The quantitative estimate of drug-likeness (QED) is 0.844. The number of hydrogen-bond acceptors (Lipinski definition) is 3.